The molecule has 100 valence electrons. The van der Waals surface area contributed by atoms with Gasteiger partial charge in [0.1, 0.15) is 0 Å². The van der Waals surface area contributed by atoms with E-state index in [0.717, 1.165) is 11.1 Å². The molecule has 0 amide bonds. The van der Waals surface area contributed by atoms with Crippen LogP contribution in [0.5, 0.6) is 5.75 Å². The van der Waals surface area contributed by atoms with Crippen molar-refractivity contribution in [1.29, 1.82) is 0 Å². The van der Waals surface area contributed by atoms with Gasteiger partial charge in [-0.05, 0) is 29.7 Å². The normalized spacial score (nSPS) is 12.2. The van der Waals surface area contributed by atoms with Crippen molar-refractivity contribution >= 4 is 0 Å². The number of rotatable bonds is 5. The van der Waals surface area contributed by atoms with E-state index in [4.69, 9.17) is 4.74 Å². The Kier molecular flexibility index (Phi) is 4.53. The molecule has 0 aliphatic heterocycles. The lowest BCUT2D eigenvalue weighted by atomic mass is 9.93. The van der Waals surface area contributed by atoms with Gasteiger partial charge in [-0.1, -0.05) is 36.4 Å². The van der Waals surface area contributed by atoms with Crippen LogP contribution in [0.25, 0.3) is 0 Å². The van der Waals surface area contributed by atoms with Crippen molar-refractivity contribution in [1.82, 2.24) is 0 Å². The van der Waals surface area contributed by atoms with Crippen LogP contribution >= 0.6 is 0 Å². The molecule has 0 saturated carbocycles. The van der Waals surface area contributed by atoms with Crippen LogP contribution in [0.15, 0.2) is 48.5 Å². The summed E-state index contributed by atoms with van der Waals surface area (Å²) < 4.78 is 18.5. The van der Waals surface area contributed by atoms with Crippen LogP contribution in [0.1, 0.15) is 17.0 Å². The van der Waals surface area contributed by atoms with Gasteiger partial charge in [-0.25, -0.2) is 4.39 Å². The average molecular weight is 260 g/mol. The van der Waals surface area contributed by atoms with Crippen LogP contribution in [0.4, 0.5) is 4.39 Å². The number of ether oxygens (including phenoxy) is 1. The molecule has 0 saturated heterocycles. The van der Waals surface area contributed by atoms with E-state index < -0.39 is 0 Å². The largest absolute Gasteiger partial charge is 0.494 e. The SMILES string of the molecule is COc1ccc(CC(CO)c2ccccc2)cc1F. The minimum atomic E-state index is -0.371. The molecule has 0 aliphatic rings. The lowest BCUT2D eigenvalue weighted by Crippen LogP contribution is -2.08. The van der Waals surface area contributed by atoms with Crippen LogP contribution in [-0.2, 0) is 6.42 Å². The molecular weight excluding hydrogens is 243 g/mol. The first-order valence-electron chi connectivity index (χ1n) is 6.23. The van der Waals surface area contributed by atoms with Crippen LogP contribution in [0, 0.1) is 5.82 Å². The van der Waals surface area contributed by atoms with Gasteiger partial charge in [0, 0.05) is 5.92 Å². The Bertz CT molecular complexity index is 526. The van der Waals surface area contributed by atoms with Crippen molar-refractivity contribution < 1.29 is 14.2 Å². The highest BCUT2D eigenvalue weighted by Crippen LogP contribution is 2.23. The number of methoxy groups -OCH3 is 1. The summed E-state index contributed by atoms with van der Waals surface area (Å²) in [5.41, 5.74) is 1.91. The Morgan fingerprint density at radius 2 is 1.89 bits per heavy atom. The molecule has 0 radical (unpaired) electrons. The van der Waals surface area contributed by atoms with Gasteiger partial charge in [0.15, 0.2) is 11.6 Å². The Morgan fingerprint density at radius 1 is 1.16 bits per heavy atom. The van der Waals surface area contributed by atoms with E-state index in [0.29, 0.717) is 6.42 Å². The third-order valence-corrected chi connectivity index (χ3v) is 3.19. The van der Waals surface area contributed by atoms with Gasteiger partial charge < -0.3 is 9.84 Å². The molecule has 0 aromatic heterocycles. The maximum absolute atomic E-state index is 13.6. The van der Waals surface area contributed by atoms with E-state index >= 15 is 0 Å². The predicted molar refractivity (Wildman–Crippen MR) is 72.9 cm³/mol. The molecule has 0 bridgehead atoms. The van der Waals surface area contributed by atoms with E-state index in [1.807, 2.05) is 36.4 Å². The molecule has 0 heterocycles. The third-order valence-electron chi connectivity index (χ3n) is 3.19. The van der Waals surface area contributed by atoms with Crippen molar-refractivity contribution in [3.8, 4) is 5.75 Å². The van der Waals surface area contributed by atoms with Gasteiger partial charge in [-0.3, -0.25) is 0 Å². The average Bonchev–Trinajstić information content (AvgIpc) is 2.46. The molecule has 0 spiro atoms. The third kappa shape index (κ3) is 3.32. The second-order valence-corrected chi connectivity index (χ2v) is 4.46. The first kappa shape index (κ1) is 13.6. The molecule has 1 N–H and O–H groups in total. The summed E-state index contributed by atoms with van der Waals surface area (Å²) in [5.74, 6) is -0.150. The maximum atomic E-state index is 13.6. The van der Waals surface area contributed by atoms with Crippen LogP contribution in [0.2, 0.25) is 0 Å². The van der Waals surface area contributed by atoms with E-state index in [-0.39, 0.29) is 24.1 Å². The van der Waals surface area contributed by atoms with Gasteiger partial charge in [0.25, 0.3) is 0 Å². The zero-order chi connectivity index (χ0) is 13.7. The molecule has 2 aromatic rings. The fourth-order valence-corrected chi connectivity index (χ4v) is 2.13. The Morgan fingerprint density at radius 3 is 2.47 bits per heavy atom. The molecular formula is C16H17FO2. The molecule has 19 heavy (non-hydrogen) atoms. The minimum Gasteiger partial charge on any atom is -0.494 e. The Labute approximate surface area is 112 Å². The Hall–Kier alpha value is -1.87. The van der Waals surface area contributed by atoms with Gasteiger partial charge >= 0.3 is 0 Å². The summed E-state index contributed by atoms with van der Waals surface area (Å²) in [5, 5.41) is 9.49. The van der Waals surface area contributed by atoms with Gasteiger partial charge in [-0.2, -0.15) is 0 Å². The van der Waals surface area contributed by atoms with Crippen molar-refractivity contribution in [3.63, 3.8) is 0 Å². The lowest BCUT2D eigenvalue weighted by molar-refractivity contribution is 0.264. The smallest absolute Gasteiger partial charge is 0.165 e. The highest BCUT2D eigenvalue weighted by atomic mass is 19.1. The number of benzene rings is 2. The quantitative estimate of drug-likeness (QED) is 0.894. The van der Waals surface area contributed by atoms with E-state index in [1.54, 1.807) is 6.07 Å². The number of hydrogen-bond acceptors (Lipinski definition) is 2. The summed E-state index contributed by atoms with van der Waals surface area (Å²) in [7, 11) is 1.44. The molecule has 3 heteroatoms. The van der Waals surface area contributed by atoms with E-state index in [2.05, 4.69) is 0 Å². The lowest BCUT2D eigenvalue weighted by Gasteiger charge is -2.15. The van der Waals surface area contributed by atoms with Gasteiger partial charge in [-0.15, -0.1) is 0 Å². The molecule has 0 aliphatic carbocycles. The summed E-state index contributed by atoms with van der Waals surface area (Å²) >= 11 is 0. The van der Waals surface area contributed by atoms with Crippen molar-refractivity contribution in [2.24, 2.45) is 0 Å². The van der Waals surface area contributed by atoms with Crippen LogP contribution in [0.3, 0.4) is 0 Å². The summed E-state index contributed by atoms with van der Waals surface area (Å²) in [6.45, 7) is 0.0393. The topological polar surface area (TPSA) is 29.5 Å². The number of aliphatic hydroxyl groups is 1. The highest BCUT2D eigenvalue weighted by molar-refractivity contribution is 5.31. The zero-order valence-corrected chi connectivity index (χ0v) is 10.8. The first-order valence-corrected chi connectivity index (χ1v) is 6.23. The van der Waals surface area contributed by atoms with Crippen molar-refractivity contribution in [3.05, 3.63) is 65.5 Å². The molecule has 1 unspecified atom stereocenters. The standard InChI is InChI=1S/C16H17FO2/c1-19-16-8-7-12(10-15(16)17)9-14(11-18)13-5-3-2-4-6-13/h2-8,10,14,18H,9,11H2,1H3. The highest BCUT2D eigenvalue weighted by Gasteiger charge is 2.12. The maximum Gasteiger partial charge on any atom is 0.165 e. The minimum absolute atomic E-state index is 0.0194. The monoisotopic (exact) mass is 260 g/mol. The molecule has 0 fully saturated rings. The summed E-state index contributed by atoms with van der Waals surface area (Å²) in [6, 6.07) is 14.7. The van der Waals surface area contributed by atoms with Gasteiger partial charge in [0.2, 0.25) is 0 Å². The molecule has 1 atom stereocenters. The summed E-state index contributed by atoms with van der Waals surface area (Å²) in [6.07, 6.45) is 0.599. The fraction of sp³-hybridized carbons (Fsp3) is 0.250. The summed E-state index contributed by atoms with van der Waals surface area (Å²) in [4.78, 5) is 0. The fourth-order valence-electron chi connectivity index (χ4n) is 2.13. The second-order valence-electron chi connectivity index (χ2n) is 4.46. The van der Waals surface area contributed by atoms with E-state index in [1.165, 1.54) is 13.2 Å². The number of hydrogen-bond donors (Lipinski definition) is 1. The number of halogens is 1. The van der Waals surface area contributed by atoms with Crippen LogP contribution < -0.4 is 4.74 Å². The first-order chi connectivity index (χ1) is 9.24. The Balaban J connectivity index is 2.17. The molecule has 2 aromatic carbocycles. The van der Waals surface area contributed by atoms with Gasteiger partial charge in [0.05, 0.1) is 13.7 Å². The van der Waals surface area contributed by atoms with Crippen molar-refractivity contribution in [2.45, 2.75) is 12.3 Å². The molecule has 2 nitrogen and oxygen atoms in total. The second kappa shape index (κ2) is 6.34. The molecule has 2 rings (SSSR count). The van der Waals surface area contributed by atoms with E-state index in [9.17, 15) is 9.50 Å². The van der Waals surface area contributed by atoms with Crippen LogP contribution in [-0.4, -0.2) is 18.8 Å². The predicted octanol–water partition coefficient (Wildman–Crippen LogP) is 3.15. The van der Waals surface area contributed by atoms with Crippen molar-refractivity contribution in [2.75, 3.05) is 13.7 Å². The zero-order valence-electron chi connectivity index (χ0n) is 10.8. The number of aliphatic hydroxyl groups excluding tert-OH is 1.